The summed E-state index contributed by atoms with van der Waals surface area (Å²) in [6, 6.07) is 5.49. The van der Waals surface area contributed by atoms with Crippen molar-refractivity contribution in [3.05, 3.63) is 23.8 Å². The van der Waals surface area contributed by atoms with Gasteiger partial charge >= 0.3 is 0 Å². The van der Waals surface area contributed by atoms with Crippen molar-refractivity contribution in [3.63, 3.8) is 0 Å². The fourth-order valence-corrected chi connectivity index (χ4v) is 1.26. The number of ether oxygens (including phenoxy) is 1. The second kappa shape index (κ2) is 5.24. The van der Waals surface area contributed by atoms with Crippen LogP contribution in [0.15, 0.2) is 18.2 Å². The van der Waals surface area contributed by atoms with Crippen molar-refractivity contribution in [1.29, 1.82) is 0 Å². The van der Waals surface area contributed by atoms with E-state index in [1.165, 1.54) is 0 Å². The molecule has 15 heavy (non-hydrogen) atoms. The number of nitrogen functional groups attached to an aromatic ring is 1. The Morgan fingerprint density at radius 1 is 1.53 bits per heavy atom. The summed E-state index contributed by atoms with van der Waals surface area (Å²) in [6.07, 6.45) is 0. The number of aryl methyl sites for hydroxylation is 1. The quantitative estimate of drug-likeness (QED) is 0.728. The van der Waals surface area contributed by atoms with E-state index in [4.69, 9.17) is 10.5 Å². The van der Waals surface area contributed by atoms with Gasteiger partial charge in [0, 0.05) is 6.54 Å². The van der Waals surface area contributed by atoms with Gasteiger partial charge in [0.25, 0.3) is 5.91 Å². The highest BCUT2D eigenvalue weighted by Crippen LogP contribution is 2.24. The fraction of sp³-hybridized carbons (Fsp3) is 0.364. The number of likely N-dealkylation sites (N-methyl/N-ethyl adjacent to an activating group) is 1. The molecule has 0 aromatic heterocycles. The van der Waals surface area contributed by atoms with E-state index < -0.39 is 0 Å². The van der Waals surface area contributed by atoms with E-state index in [1.54, 1.807) is 6.07 Å². The molecule has 0 unspecified atom stereocenters. The Morgan fingerprint density at radius 2 is 2.27 bits per heavy atom. The van der Waals surface area contributed by atoms with Gasteiger partial charge < -0.3 is 15.8 Å². The summed E-state index contributed by atoms with van der Waals surface area (Å²) in [7, 11) is 0. The molecule has 0 fully saturated rings. The van der Waals surface area contributed by atoms with Crippen LogP contribution in [0.25, 0.3) is 0 Å². The van der Waals surface area contributed by atoms with Crippen molar-refractivity contribution in [2.24, 2.45) is 0 Å². The van der Waals surface area contributed by atoms with E-state index in [-0.39, 0.29) is 12.5 Å². The van der Waals surface area contributed by atoms with Crippen LogP contribution in [0.4, 0.5) is 5.69 Å². The molecule has 0 spiro atoms. The number of nitrogens with one attached hydrogen (secondary N) is 1. The molecule has 3 N–H and O–H groups in total. The number of amides is 1. The summed E-state index contributed by atoms with van der Waals surface area (Å²) >= 11 is 0. The van der Waals surface area contributed by atoms with Crippen molar-refractivity contribution in [2.75, 3.05) is 18.9 Å². The van der Waals surface area contributed by atoms with Gasteiger partial charge in [-0.15, -0.1) is 0 Å². The third kappa shape index (κ3) is 3.16. The summed E-state index contributed by atoms with van der Waals surface area (Å²) in [5.41, 5.74) is 7.21. The number of benzene rings is 1. The van der Waals surface area contributed by atoms with E-state index in [2.05, 4.69) is 5.32 Å². The number of carbonyl (C=O) groups is 1. The number of nitrogens with two attached hydrogens (primary N) is 1. The van der Waals surface area contributed by atoms with Gasteiger partial charge in [-0.25, -0.2) is 0 Å². The molecular weight excluding hydrogens is 192 g/mol. The second-order valence-electron chi connectivity index (χ2n) is 3.24. The Labute approximate surface area is 89.4 Å². The van der Waals surface area contributed by atoms with Crippen LogP contribution in [0.3, 0.4) is 0 Å². The predicted octanol–water partition coefficient (Wildman–Crippen LogP) is 1.09. The third-order valence-electron chi connectivity index (χ3n) is 1.96. The predicted molar refractivity (Wildman–Crippen MR) is 59.8 cm³/mol. The lowest BCUT2D eigenvalue weighted by molar-refractivity contribution is -0.122. The first-order valence-electron chi connectivity index (χ1n) is 4.89. The Balaban J connectivity index is 2.61. The second-order valence-corrected chi connectivity index (χ2v) is 3.24. The zero-order chi connectivity index (χ0) is 11.3. The van der Waals surface area contributed by atoms with Gasteiger partial charge in [-0.1, -0.05) is 12.1 Å². The number of carbonyl (C=O) groups excluding carboxylic acids is 1. The van der Waals surface area contributed by atoms with Crippen molar-refractivity contribution < 1.29 is 9.53 Å². The maximum atomic E-state index is 11.2. The molecule has 1 aromatic rings. The average molecular weight is 208 g/mol. The number of rotatable bonds is 4. The molecule has 0 saturated heterocycles. The van der Waals surface area contributed by atoms with Crippen LogP contribution in [-0.4, -0.2) is 19.1 Å². The summed E-state index contributed by atoms with van der Waals surface area (Å²) < 4.78 is 5.34. The summed E-state index contributed by atoms with van der Waals surface area (Å²) in [5.74, 6) is 0.448. The Hall–Kier alpha value is -1.71. The number of hydrogen-bond donors (Lipinski definition) is 2. The Bertz CT molecular complexity index is 330. The largest absolute Gasteiger partial charge is 0.481 e. The molecule has 0 heterocycles. The minimum Gasteiger partial charge on any atom is -0.481 e. The normalized spacial score (nSPS) is 9.73. The Morgan fingerprint density at radius 3 is 2.87 bits per heavy atom. The van der Waals surface area contributed by atoms with Gasteiger partial charge in [-0.05, 0) is 25.5 Å². The van der Waals surface area contributed by atoms with Gasteiger partial charge in [0.05, 0.1) is 5.69 Å². The van der Waals surface area contributed by atoms with Crippen LogP contribution >= 0.6 is 0 Å². The van der Waals surface area contributed by atoms with Gasteiger partial charge in [-0.3, -0.25) is 4.79 Å². The van der Waals surface area contributed by atoms with Crippen LogP contribution in [0, 0.1) is 6.92 Å². The van der Waals surface area contributed by atoms with Crippen molar-refractivity contribution in [2.45, 2.75) is 13.8 Å². The lowest BCUT2D eigenvalue weighted by Crippen LogP contribution is -2.28. The molecule has 4 heteroatoms. The summed E-state index contributed by atoms with van der Waals surface area (Å²) in [5, 5.41) is 2.65. The highest BCUT2D eigenvalue weighted by molar-refractivity contribution is 5.77. The molecule has 0 radical (unpaired) electrons. The highest BCUT2D eigenvalue weighted by Gasteiger charge is 2.06. The van der Waals surface area contributed by atoms with Crippen LogP contribution in [0.5, 0.6) is 5.75 Å². The van der Waals surface area contributed by atoms with Gasteiger partial charge in [0.2, 0.25) is 0 Å². The van der Waals surface area contributed by atoms with E-state index in [0.29, 0.717) is 18.0 Å². The maximum Gasteiger partial charge on any atom is 0.257 e. The van der Waals surface area contributed by atoms with E-state index in [9.17, 15) is 4.79 Å². The Kier molecular flexibility index (Phi) is 3.97. The third-order valence-corrected chi connectivity index (χ3v) is 1.96. The van der Waals surface area contributed by atoms with Crippen molar-refractivity contribution in [3.8, 4) is 5.75 Å². The molecule has 1 aromatic carbocycles. The first-order chi connectivity index (χ1) is 7.15. The molecule has 0 bridgehead atoms. The van der Waals surface area contributed by atoms with Crippen LogP contribution < -0.4 is 15.8 Å². The van der Waals surface area contributed by atoms with Crippen molar-refractivity contribution in [1.82, 2.24) is 5.32 Å². The standard InChI is InChI=1S/C11H16N2O2/c1-3-13-10(14)7-15-11-8(2)5-4-6-9(11)12/h4-6H,3,7,12H2,1-2H3,(H,13,14). The number of hydrogen-bond acceptors (Lipinski definition) is 3. The molecule has 0 aliphatic heterocycles. The molecule has 0 saturated carbocycles. The molecule has 0 aliphatic rings. The molecule has 1 rings (SSSR count). The average Bonchev–Trinajstić information content (AvgIpc) is 2.17. The van der Waals surface area contributed by atoms with E-state index in [0.717, 1.165) is 5.56 Å². The summed E-state index contributed by atoms with van der Waals surface area (Å²) in [6.45, 7) is 4.36. The molecule has 0 atom stereocenters. The minimum atomic E-state index is -0.139. The molecule has 82 valence electrons. The van der Waals surface area contributed by atoms with Gasteiger partial charge in [-0.2, -0.15) is 0 Å². The topological polar surface area (TPSA) is 64.3 Å². The minimum absolute atomic E-state index is 0.00287. The first kappa shape index (κ1) is 11.4. The number of para-hydroxylation sites is 1. The highest BCUT2D eigenvalue weighted by atomic mass is 16.5. The van der Waals surface area contributed by atoms with Gasteiger partial charge in [0.1, 0.15) is 5.75 Å². The van der Waals surface area contributed by atoms with Crippen LogP contribution in [0.2, 0.25) is 0 Å². The van der Waals surface area contributed by atoms with Gasteiger partial charge in [0.15, 0.2) is 6.61 Å². The monoisotopic (exact) mass is 208 g/mol. The maximum absolute atomic E-state index is 11.2. The van der Waals surface area contributed by atoms with E-state index >= 15 is 0 Å². The zero-order valence-electron chi connectivity index (χ0n) is 9.04. The first-order valence-corrected chi connectivity index (χ1v) is 4.89. The lowest BCUT2D eigenvalue weighted by Gasteiger charge is -2.10. The fourth-order valence-electron chi connectivity index (χ4n) is 1.26. The van der Waals surface area contributed by atoms with Crippen molar-refractivity contribution >= 4 is 11.6 Å². The summed E-state index contributed by atoms with van der Waals surface area (Å²) in [4.78, 5) is 11.2. The molecular formula is C11H16N2O2. The van der Waals surface area contributed by atoms with Crippen LogP contribution in [0.1, 0.15) is 12.5 Å². The van der Waals surface area contributed by atoms with E-state index in [1.807, 2.05) is 26.0 Å². The molecule has 0 aliphatic carbocycles. The smallest absolute Gasteiger partial charge is 0.257 e. The molecule has 1 amide bonds. The van der Waals surface area contributed by atoms with Crippen LogP contribution in [-0.2, 0) is 4.79 Å². The lowest BCUT2D eigenvalue weighted by atomic mass is 10.2. The zero-order valence-corrected chi connectivity index (χ0v) is 9.04. The SMILES string of the molecule is CCNC(=O)COc1c(C)cccc1N. The molecule has 4 nitrogen and oxygen atoms in total. The number of anilines is 1.